The summed E-state index contributed by atoms with van der Waals surface area (Å²) in [4.78, 5) is 19.0. The maximum atomic E-state index is 13.8. The minimum Gasteiger partial charge on any atom is -0.457 e. The molecule has 3 rings (SSSR count). The second-order valence-corrected chi connectivity index (χ2v) is 6.11. The summed E-state index contributed by atoms with van der Waals surface area (Å²) >= 11 is 1.33. The van der Waals surface area contributed by atoms with Crippen LogP contribution in [0, 0.1) is 5.82 Å². The number of likely N-dealkylation sites (N-methyl/N-ethyl adjacent to an activating group) is 1. The maximum absolute atomic E-state index is 13.8. The number of carbonyl (C=O) groups is 1. The van der Waals surface area contributed by atoms with Crippen molar-refractivity contribution in [2.45, 2.75) is 13.8 Å². The van der Waals surface area contributed by atoms with Crippen molar-refractivity contribution in [2.75, 3.05) is 13.1 Å². The Bertz CT molecular complexity index is 826. The number of rotatable bonds is 4. The van der Waals surface area contributed by atoms with Crippen LogP contribution in [0.1, 0.15) is 19.6 Å². The molecule has 6 heteroatoms. The molecule has 0 bridgehead atoms. The molecule has 0 saturated carbocycles. The van der Waals surface area contributed by atoms with Crippen molar-refractivity contribution in [1.82, 2.24) is 4.90 Å². The minimum absolute atomic E-state index is 0.0847. The van der Waals surface area contributed by atoms with Crippen LogP contribution < -0.4 is 0 Å². The number of hydrogen-bond donors (Lipinski definition) is 0. The van der Waals surface area contributed by atoms with Gasteiger partial charge in [-0.25, -0.2) is 4.39 Å². The molecule has 2 heterocycles. The Morgan fingerprint density at radius 1 is 1.25 bits per heavy atom. The van der Waals surface area contributed by atoms with Crippen LogP contribution in [0.2, 0.25) is 0 Å². The molecule has 1 saturated heterocycles. The number of nitrogens with zero attached hydrogens (tertiary/aromatic N) is 2. The van der Waals surface area contributed by atoms with E-state index in [0.717, 1.165) is 0 Å². The Hall–Kier alpha value is -2.34. The zero-order valence-corrected chi connectivity index (χ0v) is 14.3. The number of aliphatic imine (C=N–C) groups is 1. The molecular weight excluding hydrogens is 327 g/mol. The molecule has 1 fully saturated rings. The highest BCUT2D eigenvalue weighted by Gasteiger charge is 2.32. The molecule has 124 valence electrons. The average molecular weight is 344 g/mol. The van der Waals surface area contributed by atoms with Crippen molar-refractivity contribution in [3.63, 3.8) is 0 Å². The number of thioether (sulfide) groups is 1. The largest absolute Gasteiger partial charge is 0.457 e. The number of halogens is 1. The van der Waals surface area contributed by atoms with Gasteiger partial charge in [0.05, 0.1) is 10.5 Å². The van der Waals surface area contributed by atoms with Gasteiger partial charge in [0.25, 0.3) is 5.91 Å². The molecule has 1 aromatic heterocycles. The SMILES string of the molecule is CCN=C1SC(=Cc2ccc(-c3ccccc3F)o2)C(=O)N1CC. The Morgan fingerprint density at radius 2 is 2.04 bits per heavy atom. The first-order chi connectivity index (χ1) is 11.6. The Kier molecular flexibility index (Phi) is 4.85. The highest BCUT2D eigenvalue weighted by atomic mass is 32.2. The van der Waals surface area contributed by atoms with Gasteiger partial charge in [-0.05, 0) is 49.9 Å². The second kappa shape index (κ2) is 7.05. The van der Waals surface area contributed by atoms with Crippen LogP contribution in [0.5, 0.6) is 0 Å². The van der Waals surface area contributed by atoms with Crippen molar-refractivity contribution < 1.29 is 13.6 Å². The lowest BCUT2D eigenvalue weighted by Crippen LogP contribution is -2.28. The van der Waals surface area contributed by atoms with Gasteiger partial charge < -0.3 is 4.42 Å². The van der Waals surface area contributed by atoms with Gasteiger partial charge in [-0.15, -0.1) is 0 Å². The molecule has 1 amide bonds. The third kappa shape index (κ3) is 3.14. The van der Waals surface area contributed by atoms with E-state index in [1.165, 1.54) is 17.8 Å². The summed E-state index contributed by atoms with van der Waals surface area (Å²) in [7, 11) is 0. The van der Waals surface area contributed by atoms with E-state index in [1.54, 1.807) is 41.3 Å². The quantitative estimate of drug-likeness (QED) is 0.773. The standard InChI is InChI=1S/C18H17FN2O2S/c1-3-20-18-21(4-2)17(22)16(24-18)11-12-9-10-15(23-12)13-7-5-6-8-14(13)19/h5-11H,3-4H2,1-2H3. The van der Waals surface area contributed by atoms with Gasteiger partial charge >= 0.3 is 0 Å². The summed E-state index contributed by atoms with van der Waals surface area (Å²) in [6, 6.07) is 9.86. The first-order valence-corrected chi connectivity index (χ1v) is 8.56. The van der Waals surface area contributed by atoms with Crippen LogP contribution in [0.3, 0.4) is 0 Å². The molecule has 1 aromatic carbocycles. The fraction of sp³-hybridized carbons (Fsp3) is 0.222. The van der Waals surface area contributed by atoms with E-state index in [1.807, 2.05) is 13.8 Å². The Labute approximate surface area is 144 Å². The van der Waals surface area contributed by atoms with Crippen molar-refractivity contribution in [3.8, 4) is 11.3 Å². The fourth-order valence-electron chi connectivity index (χ4n) is 2.41. The summed E-state index contributed by atoms with van der Waals surface area (Å²) < 4.78 is 19.5. The second-order valence-electron chi connectivity index (χ2n) is 5.10. The predicted octanol–water partition coefficient (Wildman–Crippen LogP) is 4.40. The summed E-state index contributed by atoms with van der Waals surface area (Å²) in [5.74, 6) is 0.522. The number of carbonyl (C=O) groups excluding carboxylic acids is 1. The van der Waals surface area contributed by atoms with Gasteiger partial charge in [0, 0.05) is 19.2 Å². The van der Waals surface area contributed by atoms with E-state index >= 15 is 0 Å². The molecule has 0 radical (unpaired) electrons. The third-order valence-electron chi connectivity index (χ3n) is 3.54. The van der Waals surface area contributed by atoms with Crippen molar-refractivity contribution >= 4 is 28.9 Å². The lowest BCUT2D eigenvalue weighted by Gasteiger charge is -2.11. The van der Waals surface area contributed by atoms with Crippen LogP contribution in [0.4, 0.5) is 4.39 Å². The van der Waals surface area contributed by atoms with Crippen LogP contribution in [0.15, 0.2) is 50.7 Å². The van der Waals surface area contributed by atoms with Gasteiger partial charge in [-0.2, -0.15) is 0 Å². The topological polar surface area (TPSA) is 45.8 Å². The van der Waals surface area contributed by atoms with Crippen LogP contribution in [-0.2, 0) is 4.79 Å². The van der Waals surface area contributed by atoms with E-state index in [2.05, 4.69) is 4.99 Å². The van der Waals surface area contributed by atoms with Crippen molar-refractivity contribution in [2.24, 2.45) is 4.99 Å². The molecular formula is C18H17FN2O2S. The monoisotopic (exact) mass is 344 g/mol. The van der Waals surface area contributed by atoms with Crippen LogP contribution in [-0.4, -0.2) is 29.1 Å². The van der Waals surface area contributed by atoms with Gasteiger partial charge in [0.2, 0.25) is 0 Å². The fourth-order valence-corrected chi connectivity index (χ4v) is 3.49. The summed E-state index contributed by atoms with van der Waals surface area (Å²) in [6.07, 6.45) is 1.68. The number of benzene rings is 1. The molecule has 0 aliphatic carbocycles. The molecule has 0 unspecified atom stereocenters. The van der Waals surface area contributed by atoms with Crippen molar-refractivity contribution in [3.05, 3.63) is 52.9 Å². The average Bonchev–Trinajstić information content (AvgIpc) is 3.14. The first kappa shape index (κ1) is 16.5. The van der Waals surface area contributed by atoms with E-state index in [9.17, 15) is 9.18 Å². The third-order valence-corrected chi connectivity index (χ3v) is 4.58. The Balaban J connectivity index is 1.89. The number of furan rings is 1. The van der Waals surface area contributed by atoms with Gasteiger partial charge in [-0.1, -0.05) is 12.1 Å². The van der Waals surface area contributed by atoms with Gasteiger partial charge in [0.15, 0.2) is 5.17 Å². The molecule has 0 atom stereocenters. The maximum Gasteiger partial charge on any atom is 0.266 e. The zero-order chi connectivity index (χ0) is 17.1. The number of amides is 1. The van der Waals surface area contributed by atoms with E-state index in [-0.39, 0.29) is 11.7 Å². The molecule has 1 aliphatic rings. The molecule has 1 aliphatic heterocycles. The smallest absolute Gasteiger partial charge is 0.266 e. The summed E-state index contributed by atoms with van der Waals surface area (Å²) in [5.41, 5.74) is 0.399. The first-order valence-electron chi connectivity index (χ1n) is 7.74. The lowest BCUT2D eigenvalue weighted by atomic mass is 10.1. The van der Waals surface area contributed by atoms with E-state index < -0.39 is 0 Å². The van der Waals surface area contributed by atoms with Gasteiger partial charge in [-0.3, -0.25) is 14.7 Å². The highest BCUT2D eigenvalue weighted by Crippen LogP contribution is 2.33. The molecule has 24 heavy (non-hydrogen) atoms. The van der Waals surface area contributed by atoms with Crippen LogP contribution in [0.25, 0.3) is 17.4 Å². The van der Waals surface area contributed by atoms with Gasteiger partial charge in [0.1, 0.15) is 17.3 Å². The summed E-state index contributed by atoms with van der Waals surface area (Å²) in [6.45, 7) is 5.04. The molecule has 2 aromatic rings. The van der Waals surface area contributed by atoms with Crippen LogP contribution >= 0.6 is 11.8 Å². The summed E-state index contributed by atoms with van der Waals surface area (Å²) in [5, 5.41) is 0.706. The van der Waals surface area contributed by atoms with E-state index in [0.29, 0.717) is 40.2 Å². The normalized spacial score (nSPS) is 18.1. The number of amidine groups is 1. The molecule has 0 spiro atoms. The molecule has 0 N–H and O–H groups in total. The Morgan fingerprint density at radius 3 is 2.75 bits per heavy atom. The number of hydrogen-bond acceptors (Lipinski definition) is 4. The molecule has 4 nitrogen and oxygen atoms in total. The minimum atomic E-state index is -0.341. The van der Waals surface area contributed by atoms with E-state index in [4.69, 9.17) is 4.42 Å². The highest BCUT2D eigenvalue weighted by molar-refractivity contribution is 8.18. The lowest BCUT2D eigenvalue weighted by molar-refractivity contribution is -0.122. The zero-order valence-electron chi connectivity index (χ0n) is 13.5. The van der Waals surface area contributed by atoms with Crippen molar-refractivity contribution in [1.29, 1.82) is 0 Å². The predicted molar refractivity (Wildman–Crippen MR) is 95.0 cm³/mol.